The van der Waals surface area contributed by atoms with Gasteiger partial charge in [0.1, 0.15) is 0 Å². The number of aromatic nitrogens is 5. The van der Waals surface area contributed by atoms with Gasteiger partial charge in [0.2, 0.25) is 0 Å². The summed E-state index contributed by atoms with van der Waals surface area (Å²) in [5.74, 6) is 6.68. The number of aromatic amines is 1. The number of nitrogens with zero attached hydrogens (tertiary/aromatic N) is 6. The minimum Gasteiger partial charge on any atom is -0.399 e. The molecule has 0 spiro atoms. The Morgan fingerprint density at radius 2 is 0.789 bits per heavy atom. The quantitative estimate of drug-likeness (QED) is 0.0359. The van der Waals surface area contributed by atoms with Gasteiger partial charge in [-0.3, -0.25) is 4.98 Å². The van der Waals surface area contributed by atoms with Crippen molar-refractivity contribution in [2.75, 3.05) is 28.6 Å². The van der Waals surface area contributed by atoms with Crippen LogP contribution in [0, 0.1) is 47.3 Å². The molecule has 0 saturated heterocycles. The number of hydrogen-bond donors (Lipinski definition) is 2. The van der Waals surface area contributed by atoms with Crippen molar-refractivity contribution in [2.24, 2.45) is 47.3 Å². The van der Waals surface area contributed by atoms with Crippen LogP contribution in [0.25, 0.3) is 10.9 Å². The fourth-order valence-corrected chi connectivity index (χ4v) is 15.0. The Hall–Kier alpha value is -8.23. The van der Waals surface area contributed by atoms with Gasteiger partial charge in [0, 0.05) is 71.2 Å². The zero-order valence-corrected chi connectivity index (χ0v) is 75.0. The van der Waals surface area contributed by atoms with Gasteiger partial charge in [-0.15, -0.1) is 0 Å². The number of hydrogen-bond acceptors (Lipinski definition) is 6. The molecule has 8 heteroatoms. The van der Waals surface area contributed by atoms with Crippen LogP contribution in [-0.2, 0) is 64.3 Å². The molecule has 13 rings (SSSR count). The summed E-state index contributed by atoms with van der Waals surface area (Å²) in [5.41, 5.74) is 23.8. The maximum Gasteiger partial charge on any atom is 0.0693 e. The van der Waals surface area contributed by atoms with E-state index >= 15 is 0 Å². The number of unbranched alkanes of at least 4 members (excludes halogenated alkanes) is 1. The molecular weight excluding hydrogens is 1390 g/mol. The lowest BCUT2D eigenvalue weighted by Crippen LogP contribution is -2.35. The SMILES string of the molecule is CC(C)CC1Cc2ccccc2C1.CC(C)CCCCc1ccccc1.CC(C)CCCc1c[nH]c2ccccc12.CC(C)CCCc1ccc(N)cc1.CC(C)CCCc1ccccc1.CC(C)CCCc1ccccn1.CC(C)CCCn1nccn1.CC(C)N1CCCc2ccccc21.CC(C)N1CCc2ccccc21. The van der Waals surface area contributed by atoms with Gasteiger partial charge in [-0.05, 0) is 278 Å². The van der Waals surface area contributed by atoms with Gasteiger partial charge in [0.15, 0.2) is 0 Å². The van der Waals surface area contributed by atoms with E-state index in [4.69, 9.17) is 5.73 Å². The number of anilines is 3. The molecular formula is C106H158N8. The Labute approximate surface area is 697 Å². The molecule has 3 N–H and O–H groups in total. The molecule has 3 aromatic heterocycles. The Morgan fingerprint density at radius 1 is 0.368 bits per heavy atom. The average Bonchev–Trinajstić information content (AvgIpc) is 1.57. The average molecular weight is 1540 g/mol. The topological polar surface area (TPSA) is 91.9 Å². The first kappa shape index (κ1) is 96.4. The largest absolute Gasteiger partial charge is 0.399 e. The summed E-state index contributed by atoms with van der Waals surface area (Å²) in [6.07, 6.45) is 38.1. The van der Waals surface area contributed by atoms with E-state index in [0.29, 0.717) is 12.1 Å². The third kappa shape index (κ3) is 41.9. The van der Waals surface area contributed by atoms with Gasteiger partial charge in [-0.25, -0.2) is 0 Å². The fraction of sp³-hybridized carbons (Fsp3) is 0.519. The van der Waals surface area contributed by atoms with Crippen molar-refractivity contribution in [1.82, 2.24) is 25.0 Å². The Morgan fingerprint density at radius 3 is 1.29 bits per heavy atom. The van der Waals surface area contributed by atoms with Crippen LogP contribution < -0.4 is 15.5 Å². The second-order valence-corrected chi connectivity index (χ2v) is 35.7. The first-order valence-electron chi connectivity index (χ1n) is 44.9. The molecule has 0 atom stereocenters. The molecule has 0 bridgehead atoms. The number of para-hydroxylation sites is 3. The summed E-state index contributed by atoms with van der Waals surface area (Å²) >= 11 is 0. The number of aryl methyl sites for hydroxylation is 7. The van der Waals surface area contributed by atoms with E-state index in [2.05, 4.69) is 343 Å². The number of nitrogens with one attached hydrogen (secondary N) is 1. The van der Waals surface area contributed by atoms with Crippen LogP contribution in [0.1, 0.15) is 271 Å². The van der Waals surface area contributed by atoms with Gasteiger partial charge >= 0.3 is 0 Å². The van der Waals surface area contributed by atoms with Crippen molar-refractivity contribution in [3.63, 3.8) is 0 Å². The van der Waals surface area contributed by atoms with Crippen molar-refractivity contribution in [3.05, 3.63) is 275 Å². The summed E-state index contributed by atoms with van der Waals surface area (Å²) < 4.78 is 0. The van der Waals surface area contributed by atoms with E-state index in [9.17, 15) is 0 Å². The van der Waals surface area contributed by atoms with Crippen molar-refractivity contribution >= 4 is 28.0 Å². The standard InChI is InChI=1S/C14H19N.C13H18.C13H20.C12H17N.C12H19N.C12H18.C11H15N.C11H17N.C8H15N3/c1-11(2)6-5-7-12-10-15-14-9-4-3-8-13(12)14;1-10(2)7-11-8-12-5-3-4-6-13(12)9-11;1-12(2)8-6-7-11-13-9-4-3-5-10-13;1-10(2)13-9-5-7-11-6-3-4-8-12(11)13;1-10(2)4-3-5-11-6-8-12(13)9-7-11;1-11(2)7-6-10-12-8-4-3-5-9-12;1-9(2)12-8-7-10-5-3-4-6-11(10)12;1-10(2)6-5-8-11-7-3-4-9-12-11;1-8(2)4-3-7-11-9-5-6-10-11/h3-4,8-11,15H,5-7H2,1-2H3;3-6,10-11H,7-9H2,1-2H3;3-5,9-10,12H,6-8,11H2,1-2H3;3-4,6,8,10H,5,7,9H2,1-2H3;6-10H,3-5,13H2,1-2H3;3-5,8-9,11H,6-7,10H2,1-2H3;3-6,9H,7-8H2,1-2H3;3-4,7,9-10H,5-6,8H2,1-2H3;5-6,8H,3-4,7H2,1-2H3. The molecule has 8 nitrogen and oxygen atoms in total. The Kier molecular flexibility index (Phi) is 48.1. The van der Waals surface area contributed by atoms with Crippen LogP contribution in [0.15, 0.2) is 225 Å². The fourth-order valence-electron chi connectivity index (χ4n) is 15.0. The number of nitrogen functional groups attached to an aromatic ring is 1. The van der Waals surface area contributed by atoms with E-state index in [1.54, 1.807) is 28.3 Å². The molecule has 0 fully saturated rings. The predicted molar refractivity (Wildman–Crippen MR) is 501 cm³/mol. The van der Waals surface area contributed by atoms with E-state index < -0.39 is 0 Å². The molecule has 0 radical (unpaired) electrons. The van der Waals surface area contributed by atoms with Crippen molar-refractivity contribution in [2.45, 2.75) is 297 Å². The first-order chi connectivity index (χ1) is 54.9. The summed E-state index contributed by atoms with van der Waals surface area (Å²) in [7, 11) is 0. The van der Waals surface area contributed by atoms with Crippen LogP contribution in [0.5, 0.6) is 0 Å². The lowest BCUT2D eigenvalue weighted by molar-refractivity contribution is 0.426. The van der Waals surface area contributed by atoms with Gasteiger partial charge in [-0.1, -0.05) is 293 Å². The molecule has 2 aliphatic heterocycles. The third-order valence-corrected chi connectivity index (χ3v) is 21.4. The van der Waals surface area contributed by atoms with Crippen molar-refractivity contribution in [1.29, 1.82) is 0 Å². The van der Waals surface area contributed by atoms with E-state index in [1.807, 2.05) is 24.4 Å². The van der Waals surface area contributed by atoms with E-state index in [-0.39, 0.29) is 0 Å². The summed E-state index contributed by atoms with van der Waals surface area (Å²) in [5, 5.41) is 9.43. The zero-order chi connectivity index (χ0) is 82.7. The van der Waals surface area contributed by atoms with Crippen LogP contribution in [0.3, 0.4) is 0 Å². The van der Waals surface area contributed by atoms with Crippen LogP contribution in [-0.4, -0.2) is 50.1 Å². The normalized spacial score (nSPS) is 12.6. The highest BCUT2D eigenvalue weighted by Crippen LogP contribution is 2.32. The minimum absolute atomic E-state index is 0.626. The van der Waals surface area contributed by atoms with Crippen LogP contribution >= 0.6 is 0 Å². The molecule has 7 aromatic carbocycles. The molecule has 0 unspecified atom stereocenters. The second-order valence-electron chi connectivity index (χ2n) is 35.7. The van der Waals surface area contributed by atoms with Gasteiger partial charge in [0.05, 0.1) is 18.9 Å². The highest BCUT2D eigenvalue weighted by atomic mass is 15.5. The highest BCUT2D eigenvalue weighted by molar-refractivity contribution is 5.83. The second kappa shape index (κ2) is 56.9. The minimum atomic E-state index is 0.626. The lowest BCUT2D eigenvalue weighted by Gasteiger charge is -2.34. The molecule has 114 heavy (non-hydrogen) atoms. The molecule has 10 aromatic rings. The van der Waals surface area contributed by atoms with Crippen LogP contribution in [0.2, 0.25) is 0 Å². The number of rotatable bonds is 29. The van der Waals surface area contributed by atoms with Crippen LogP contribution in [0.4, 0.5) is 17.1 Å². The molecule has 5 heterocycles. The predicted octanol–water partition coefficient (Wildman–Crippen LogP) is 28.6. The molecule has 0 amide bonds. The monoisotopic (exact) mass is 1540 g/mol. The Bertz CT molecular complexity index is 3870. The summed E-state index contributed by atoms with van der Waals surface area (Å²) in [6.45, 7) is 44.3. The summed E-state index contributed by atoms with van der Waals surface area (Å²) in [4.78, 5) is 14.3. The first-order valence-corrected chi connectivity index (χ1v) is 44.9. The number of benzene rings is 7. The van der Waals surface area contributed by atoms with E-state index in [1.165, 1.54) is 222 Å². The number of fused-ring (bicyclic) bond motifs is 4. The number of pyridine rings is 1. The Balaban J connectivity index is 0.000000229. The van der Waals surface area contributed by atoms with E-state index in [0.717, 1.165) is 66.0 Å². The molecule has 3 aliphatic rings. The maximum atomic E-state index is 5.60. The third-order valence-electron chi connectivity index (χ3n) is 21.4. The van der Waals surface area contributed by atoms with Crippen molar-refractivity contribution in [3.8, 4) is 0 Å². The van der Waals surface area contributed by atoms with Gasteiger partial charge in [-0.2, -0.15) is 15.0 Å². The highest BCUT2D eigenvalue weighted by Gasteiger charge is 2.22. The maximum absolute atomic E-state index is 5.60. The summed E-state index contributed by atoms with van der Waals surface area (Å²) in [6, 6.07) is 72.0. The zero-order valence-electron chi connectivity index (χ0n) is 75.0. The molecule has 622 valence electrons. The molecule has 0 saturated carbocycles. The lowest BCUT2D eigenvalue weighted by atomic mass is 9.95. The number of nitrogens with two attached hydrogens (primary N) is 1. The van der Waals surface area contributed by atoms with Gasteiger partial charge < -0.3 is 20.5 Å². The van der Waals surface area contributed by atoms with Gasteiger partial charge in [0.25, 0.3) is 0 Å². The van der Waals surface area contributed by atoms with Crippen molar-refractivity contribution < 1.29 is 0 Å². The number of H-pyrrole nitrogens is 1. The smallest absolute Gasteiger partial charge is 0.0693 e. The molecule has 1 aliphatic carbocycles.